The molecule has 0 saturated carbocycles. The second-order valence-corrected chi connectivity index (χ2v) is 3.76. The van der Waals surface area contributed by atoms with Gasteiger partial charge in [-0.1, -0.05) is 0 Å². The molecular weight excluding hydrogens is 236 g/mol. The first-order valence-corrected chi connectivity index (χ1v) is 5.23. The van der Waals surface area contributed by atoms with Crippen LogP contribution in [0.25, 0.3) is 0 Å². The fourth-order valence-electron chi connectivity index (χ4n) is 1.48. The predicted molar refractivity (Wildman–Crippen MR) is 62.0 cm³/mol. The fraction of sp³-hybridized carbons (Fsp3) is 0.300. The van der Waals surface area contributed by atoms with Crippen molar-refractivity contribution in [2.45, 2.75) is 13.0 Å². The van der Waals surface area contributed by atoms with Gasteiger partial charge in [0, 0.05) is 7.05 Å². The monoisotopic (exact) mass is 248 g/mol. The van der Waals surface area contributed by atoms with Gasteiger partial charge in [-0.15, -0.1) is 10.2 Å². The quantitative estimate of drug-likeness (QED) is 0.810. The number of carboxylic acids is 1. The Morgan fingerprint density at radius 1 is 1.44 bits per heavy atom. The van der Waals surface area contributed by atoms with E-state index in [4.69, 9.17) is 5.11 Å². The largest absolute Gasteiger partial charge is 0.476 e. The van der Waals surface area contributed by atoms with Crippen LogP contribution >= 0.6 is 0 Å². The molecule has 0 saturated heterocycles. The Morgan fingerprint density at radius 3 is 2.72 bits per heavy atom. The first-order valence-electron chi connectivity index (χ1n) is 5.23. The minimum absolute atomic E-state index is 0.0909. The zero-order valence-electron chi connectivity index (χ0n) is 9.90. The summed E-state index contributed by atoms with van der Waals surface area (Å²) >= 11 is 0. The highest BCUT2D eigenvalue weighted by Crippen LogP contribution is 2.14. The lowest BCUT2D eigenvalue weighted by Gasteiger charge is -2.12. The average molecular weight is 248 g/mol. The van der Waals surface area contributed by atoms with E-state index >= 15 is 0 Å². The third kappa shape index (κ3) is 2.42. The molecule has 1 atom stereocenters. The predicted octanol–water partition coefficient (Wildman–Crippen LogP) is 0.476. The Hall–Kier alpha value is -2.51. The molecule has 0 fully saturated rings. The van der Waals surface area contributed by atoms with Crippen molar-refractivity contribution in [1.29, 1.82) is 0 Å². The number of hydrogen-bond donors (Lipinski definition) is 2. The van der Waals surface area contributed by atoms with E-state index in [9.17, 15) is 4.79 Å². The van der Waals surface area contributed by atoms with Crippen molar-refractivity contribution >= 4 is 11.8 Å². The lowest BCUT2D eigenvalue weighted by atomic mass is 10.3. The summed E-state index contributed by atoms with van der Waals surface area (Å²) in [6.45, 7) is 1.90. The van der Waals surface area contributed by atoms with Crippen molar-refractivity contribution < 1.29 is 9.90 Å². The number of aryl methyl sites for hydroxylation is 1. The third-order valence-corrected chi connectivity index (χ3v) is 2.37. The van der Waals surface area contributed by atoms with Crippen LogP contribution in [0.5, 0.6) is 0 Å². The van der Waals surface area contributed by atoms with Crippen LogP contribution in [-0.4, -0.2) is 35.8 Å². The molecule has 2 rings (SSSR count). The molecule has 0 aromatic carbocycles. The van der Waals surface area contributed by atoms with E-state index in [0.717, 1.165) is 5.82 Å². The normalized spacial score (nSPS) is 12.1. The minimum Gasteiger partial charge on any atom is -0.476 e. The van der Waals surface area contributed by atoms with E-state index in [0.29, 0.717) is 5.82 Å². The van der Waals surface area contributed by atoms with Crippen molar-refractivity contribution in [3.05, 3.63) is 30.2 Å². The van der Waals surface area contributed by atoms with Gasteiger partial charge < -0.3 is 15.0 Å². The van der Waals surface area contributed by atoms with Crippen LogP contribution < -0.4 is 5.32 Å². The molecule has 0 aliphatic carbocycles. The van der Waals surface area contributed by atoms with Gasteiger partial charge >= 0.3 is 5.97 Å². The number of aromatic carboxylic acids is 1. The Bertz CT molecular complexity index is 550. The molecule has 8 heteroatoms. The van der Waals surface area contributed by atoms with Crippen LogP contribution in [0.15, 0.2) is 18.7 Å². The molecule has 2 heterocycles. The minimum atomic E-state index is -1.10. The number of anilines is 1. The SMILES string of the molecule is CC(Nc1cnc(C(=O)O)cn1)c1nncn1C. The first kappa shape index (κ1) is 12.0. The zero-order chi connectivity index (χ0) is 13.1. The summed E-state index contributed by atoms with van der Waals surface area (Å²) in [6.07, 6.45) is 4.18. The van der Waals surface area contributed by atoms with Crippen molar-refractivity contribution in [3.8, 4) is 0 Å². The van der Waals surface area contributed by atoms with Crippen LogP contribution in [0.2, 0.25) is 0 Å². The van der Waals surface area contributed by atoms with E-state index in [1.807, 2.05) is 14.0 Å². The molecular formula is C10H12N6O2. The van der Waals surface area contributed by atoms with Gasteiger partial charge in [-0.05, 0) is 6.92 Å². The van der Waals surface area contributed by atoms with Crippen molar-refractivity contribution in [3.63, 3.8) is 0 Å². The molecule has 0 amide bonds. The summed E-state index contributed by atoms with van der Waals surface area (Å²) in [7, 11) is 1.84. The standard InChI is InChI=1S/C10H12N6O2/c1-6(9-15-13-5-16(9)2)14-8-4-11-7(3-12-8)10(17)18/h3-6H,1-2H3,(H,12,14)(H,17,18). The molecule has 94 valence electrons. The van der Waals surface area contributed by atoms with Gasteiger partial charge in [-0.3, -0.25) is 0 Å². The Kier molecular flexibility index (Phi) is 3.18. The number of carboxylic acid groups (broad SMARTS) is 1. The highest BCUT2D eigenvalue weighted by Gasteiger charge is 2.12. The molecule has 8 nitrogen and oxygen atoms in total. The van der Waals surface area contributed by atoms with Gasteiger partial charge in [-0.25, -0.2) is 14.8 Å². The summed E-state index contributed by atoms with van der Waals surface area (Å²) < 4.78 is 1.79. The molecule has 0 aliphatic heterocycles. The van der Waals surface area contributed by atoms with Crippen molar-refractivity contribution in [2.24, 2.45) is 7.05 Å². The van der Waals surface area contributed by atoms with Crippen molar-refractivity contribution in [1.82, 2.24) is 24.7 Å². The highest BCUT2D eigenvalue weighted by atomic mass is 16.4. The molecule has 0 aliphatic rings. The van der Waals surface area contributed by atoms with E-state index in [1.165, 1.54) is 12.4 Å². The lowest BCUT2D eigenvalue weighted by molar-refractivity contribution is 0.0690. The van der Waals surface area contributed by atoms with Gasteiger partial charge in [0.2, 0.25) is 0 Å². The van der Waals surface area contributed by atoms with E-state index < -0.39 is 5.97 Å². The maximum atomic E-state index is 10.6. The number of hydrogen-bond acceptors (Lipinski definition) is 6. The molecule has 2 aromatic heterocycles. The molecule has 0 radical (unpaired) electrons. The van der Waals surface area contributed by atoms with Crippen LogP contribution in [0.3, 0.4) is 0 Å². The Labute approximate surface area is 103 Å². The number of nitrogens with zero attached hydrogens (tertiary/aromatic N) is 5. The average Bonchev–Trinajstić information content (AvgIpc) is 2.76. The molecule has 2 N–H and O–H groups in total. The molecule has 0 bridgehead atoms. The number of carbonyl (C=O) groups is 1. The fourth-order valence-corrected chi connectivity index (χ4v) is 1.48. The van der Waals surface area contributed by atoms with Crippen molar-refractivity contribution in [2.75, 3.05) is 5.32 Å². The lowest BCUT2D eigenvalue weighted by Crippen LogP contribution is -2.13. The first-order chi connectivity index (χ1) is 8.58. The third-order valence-electron chi connectivity index (χ3n) is 2.37. The van der Waals surface area contributed by atoms with Gasteiger partial charge in [0.1, 0.15) is 12.1 Å². The summed E-state index contributed by atoms with van der Waals surface area (Å²) in [5.74, 6) is 0.130. The zero-order valence-corrected chi connectivity index (χ0v) is 9.90. The number of rotatable bonds is 4. The Morgan fingerprint density at radius 2 is 2.22 bits per heavy atom. The molecule has 1 unspecified atom stereocenters. The van der Waals surface area contributed by atoms with Gasteiger partial charge in [0.05, 0.1) is 18.4 Å². The van der Waals surface area contributed by atoms with Crippen LogP contribution in [-0.2, 0) is 7.05 Å². The number of aromatic nitrogens is 5. The highest BCUT2D eigenvalue weighted by molar-refractivity contribution is 5.84. The topological polar surface area (TPSA) is 106 Å². The summed E-state index contributed by atoms with van der Waals surface area (Å²) in [5.41, 5.74) is -0.0909. The van der Waals surface area contributed by atoms with E-state index in [1.54, 1.807) is 10.9 Å². The number of nitrogens with one attached hydrogen (secondary N) is 1. The molecule has 0 spiro atoms. The van der Waals surface area contributed by atoms with Gasteiger partial charge in [-0.2, -0.15) is 0 Å². The van der Waals surface area contributed by atoms with Crippen LogP contribution in [0.4, 0.5) is 5.82 Å². The smallest absolute Gasteiger partial charge is 0.356 e. The Balaban J connectivity index is 2.10. The van der Waals surface area contributed by atoms with Crippen LogP contribution in [0, 0.1) is 0 Å². The summed E-state index contributed by atoms with van der Waals surface area (Å²) in [4.78, 5) is 18.4. The van der Waals surface area contributed by atoms with Gasteiger partial charge in [0.25, 0.3) is 0 Å². The second-order valence-electron chi connectivity index (χ2n) is 3.76. The molecule has 18 heavy (non-hydrogen) atoms. The molecule has 2 aromatic rings. The maximum absolute atomic E-state index is 10.6. The van der Waals surface area contributed by atoms with Gasteiger partial charge in [0.15, 0.2) is 11.5 Å². The summed E-state index contributed by atoms with van der Waals surface area (Å²) in [5, 5.41) is 19.5. The van der Waals surface area contributed by atoms with Crippen LogP contribution in [0.1, 0.15) is 29.3 Å². The second kappa shape index (κ2) is 4.78. The summed E-state index contributed by atoms with van der Waals surface area (Å²) in [6, 6.07) is -0.109. The maximum Gasteiger partial charge on any atom is 0.356 e. The van der Waals surface area contributed by atoms with E-state index in [2.05, 4.69) is 25.5 Å². The van der Waals surface area contributed by atoms with E-state index in [-0.39, 0.29) is 11.7 Å².